The van der Waals surface area contributed by atoms with Gasteiger partial charge in [-0.25, -0.2) is 8.78 Å². The first-order valence-electron chi connectivity index (χ1n) is 6.96. The molecule has 1 aromatic carbocycles. The van der Waals surface area contributed by atoms with Crippen molar-refractivity contribution in [3.63, 3.8) is 0 Å². The van der Waals surface area contributed by atoms with Gasteiger partial charge in [-0.15, -0.1) is 0 Å². The first-order valence-corrected chi connectivity index (χ1v) is 6.96. The van der Waals surface area contributed by atoms with Crippen molar-refractivity contribution in [3.05, 3.63) is 29.8 Å². The molecule has 1 aliphatic carbocycles. The van der Waals surface area contributed by atoms with Crippen LogP contribution in [0.4, 0.5) is 8.78 Å². The summed E-state index contributed by atoms with van der Waals surface area (Å²) in [4.78, 5) is 0. The minimum absolute atomic E-state index is 0.247. The molecule has 0 radical (unpaired) electrons. The van der Waals surface area contributed by atoms with Gasteiger partial charge in [0, 0.05) is 30.8 Å². The summed E-state index contributed by atoms with van der Waals surface area (Å²) >= 11 is 0. The van der Waals surface area contributed by atoms with E-state index in [-0.39, 0.29) is 5.75 Å². The highest BCUT2D eigenvalue weighted by molar-refractivity contribution is 5.23. The van der Waals surface area contributed by atoms with E-state index >= 15 is 0 Å². The fourth-order valence-electron chi connectivity index (χ4n) is 2.51. The maximum absolute atomic E-state index is 12.9. The Kier molecular flexibility index (Phi) is 5.14. The number of nitrogens with one attached hydrogen (secondary N) is 1. The Hall–Kier alpha value is -1.16. The highest BCUT2D eigenvalue weighted by Crippen LogP contribution is 2.23. The normalized spacial score (nSPS) is 23.3. The van der Waals surface area contributed by atoms with Gasteiger partial charge in [0.2, 0.25) is 0 Å². The van der Waals surface area contributed by atoms with Crippen LogP contribution in [0.3, 0.4) is 0 Å². The molecule has 0 heterocycles. The second-order valence-electron chi connectivity index (χ2n) is 5.36. The monoisotopic (exact) mass is 269 g/mol. The molecule has 1 aromatic rings. The van der Waals surface area contributed by atoms with E-state index in [1.807, 2.05) is 0 Å². The lowest BCUT2D eigenvalue weighted by atomic mass is 9.87. The van der Waals surface area contributed by atoms with Crippen LogP contribution in [0.25, 0.3) is 0 Å². The van der Waals surface area contributed by atoms with Crippen molar-refractivity contribution in [2.24, 2.45) is 5.92 Å². The molecule has 0 bridgehead atoms. The molecule has 1 N–H and O–H groups in total. The molecule has 1 saturated carbocycles. The van der Waals surface area contributed by atoms with Crippen LogP contribution in [0.2, 0.25) is 0 Å². The van der Waals surface area contributed by atoms with Crippen molar-refractivity contribution in [1.82, 2.24) is 5.32 Å². The summed E-state index contributed by atoms with van der Waals surface area (Å²) < 4.78 is 31.2. The molecular formula is C15H21F2NO. The molecule has 0 spiro atoms. The van der Waals surface area contributed by atoms with Crippen molar-refractivity contribution < 1.29 is 13.5 Å². The number of halogens is 2. The van der Waals surface area contributed by atoms with E-state index in [2.05, 4.69) is 12.2 Å². The minimum Gasteiger partial charge on any atom is -0.492 e. The minimum atomic E-state index is -0.607. The summed E-state index contributed by atoms with van der Waals surface area (Å²) in [5.74, 6) is -0.130. The third kappa shape index (κ3) is 4.78. The average Bonchev–Trinajstić information content (AvgIpc) is 2.36. The molecule has 2 rings (SSSR count). The van der Waals surface area contributed by atoms with E-state index in [1.54, 1.807) is 0 Å². The highest BCUT2D eigenvalue weighted by atomic mass is 19.1. The Morgan fingerprint density at radius 1 is 1.11 bits per heavy atom. The van der Waals surface area contributed by atoms with Gasteiger partial charge in [0.25, 0.3) is 0 Å². The third-order valence-corrected chi connectivity index (χ3v) is 3.66. The Balaban J connectivity index is 1.66. The molecule has 1 fully saturated rings. The van der Waals surface area contributed by atoms with Crippen LogP contribution in [-0.2, 0) is 0 Å². The van der Waals surface area contributed by atoms with Gasteiger partial charge >= 0.3 is 0 Å². The Bertz CT molecular complexity index is 383. The number of benzene rings is 1. The van der Waals surface area contributed by atoms with Crippen LogP contribution in [0, 0.1) is 17.6 Å². The van der Waals surface area contributed by atoms with Gasteiger partial charge in [0.1, 0.15) is 24.0 Å². The second-order valence-corrected chi connectivity index (χ2v) is 5.36. The Morgan fingerprint density at radius 3 is 2.37 bits per heavy atom. The lowest BCUT2D eigenvalue weighted by Gasteiger charge is -2.27. The van der Waals surface area contributed by atoms with E-state index < -0.39 is 11.6 Å². The molecule has 0 aliphatic heterocycles. The summed E-state index contributed by atoms with van der Waals surface area (Å²) in [6.45, 7) is 3.42. The van der Waals surface area contributed by atoms with Crippen LogP contribution in [0.15, 0.2) is 18.2 Å². The Labute approximate surface area is 113 Å². The molecule has 0 saturated heterocycles. The summed E-state index contributed by atoms with van der Waals surface area (Å²) in [6.07, 6.45) is 4.95. The van der Waals surface area contributed by atoms with Crippen molar-refractivity contribution in [1.29, 1.82) is 0 Å². The predicted octanol–water partition coefficient (Wildman–Crippen LogP) is 3.51. The molecule has 0 unspecified atom stereocenters. The topological polar surface area (TPSA) is 21.3 Å². The first-order chi connectivity index (χ1) is 9.13. The molecule has 0 aromatic heterocycles. The van der Waals surface area contributed by atoms with Gasteiger partial charge in [-0.2, -0.15) is 0 Å². The largest absolute Gasteiger partial charge is 0.492 e. The van der Waals surface area contributed by atoms with Crippen LogP contribution >= 0.6 is 0 Å². The lowest BCUT2D eigenvalue weighted by Crippen LogP contribution is -2.35. The fourth-order valence-corrected chi connectivity index (χ4v) is 2.51. The highest BCUT2D eigenvalue weighted by Gasteiger charge is 2.17. The lowest BCUT2D eigenvalue weighted by molar-refractivity contribution is 0.269. The molecule has 19 heavy (non-hydrogen) atoms. The molecule has 0 amide bonds. The van der Waals surface area contributed by atoms with Crippen LogP contribution < -0.4 is 10.1 Å². The van der Waals surface area contributed by atoms with E-state index in [4.69, 9.17) is 4.74 Å². The molecule has 106 valence electrons. The van der Waals surface area contributed by atoms with Gasteiger partial charge < -0.3 is 10.1 Å². The van der Waals surface area contributed by atoms with Crippen LogP contribution in [-0.4, -0.2) is 19.2 Å². The first kappa shape index (κ1) is 14.3. The van der Waals surface area contributed by atoms with Gasteiger partial charge in [-0.1, -0.05) is 6.92 Å². The zero-order valence-electron chi connectivity index (χ0n) is 11.3. The van der Waals surface area contributed by atoms with Crippen molar-refractivity contribution in [2.45, 2.75) is 38.6 Å². The van der Waals surface area contributed by atoms with Gasteiger partial charge in [0.05, 0.1) is 0 Å². The summed E-state index contributed by atoms with van der Waals surface area (Å²) in [6, 6.07) is 3.80. The average molecular weight is 269 g/mol. The predicted molar refractivity (Wildman–Crippen MR) is 71.3 cm³/mol. The summed E-state index contributed by atoms with van der Waals surface area (Å²) in [7, 11) is 0. The molecule has 1 aliphatic rings. The quantitative estimate of drug-likeness (QED) is 0.826. The number of hydrogen-bond acceptors (Lipinski definition) is 2. The van der Waals surface area contributed by atoms with Crippen molar-refractivity contribution in [2.75, 3.05) is 13.2 Å². The van der Waals surface area contributed by atoms with Crippen molar-refractivity contribution >= 4 is 0 Å². The fraction of sp³-hybridized carbons (Fsp3) is 0.600. The summed E-state index contributed by atoms with van der Waals surface area (Å²) in [5, 5.41) is 3.43. The van der Waals surface area contributed by atoms with Gasteiger partial charge in [-0.05, 0) is 31.6 Å². The smallest absolute Gasteiger partial charge is 0.129 e. The molecule has 0 atom stereocenters. The third-order valence-electron chi connectivity index (χ3n) is 3.66. The number of hydrogen-bond donors (Lipinski definition) is 1. The van der Waals surface area contributed by atoms with Crippen LogP contribution in [0.5, 0.6) is 5.75 Å². The zero-order valence-corrected chi connectivity index (χ0v) is 11.3. The van der Waals surface area contributed by atoms with E-state index in [9.17, 15) is 8.78 Å². The van der Waals surface area contributed by atoms with E-state index in [0.29, 0.717) is 19.2 Å². The van der Waals surface area contributed by atoms with Crippen molar-refractivity contribution in [3.8, 4) is 5.75 Å². The molecule has 4 heteroatoms. The maximum Gasteiger partial charge on any atom is 0.129 e. The summed E-state index contributed by atoms with van der Waals surface area (Å²) in [5.41, 5.74) is 0. The molecule has 2 nitrogen and oxygen atoms in total. The number of ether oxygens (including phenoxy) is 1. The Morgan fingerprint density at radius 2 is 1.74 bits per heavy atom. The van der Waals surface area contributed by atoms with Crippen LogP contribution in [0.1, 0.15) is 32.6 Å². The van der Waals surface area contributed by atoms with E-state index in [1.165, 1.54) is 37.8 Å². The van der Waals surface area contributed by atoms with E-state index in [0.717, 1.165) is 12.0 Å². The van der Waals surface area contributed by atoms with Gasteiger partial charge in [-0.3, -0.25) is 0 Å². The zero-order chi connectivity index (χ0) is 13.7. The number of rotatable bonds is 5. The second kappa shape index (κ2) is 6.85. The SMILES string of the molecule is CC1CCC(NCCOc2cc(F)cc(F)c2)CC1. The molecular weight excluding hydrogens is 248 g/mol. The van der Waals surface area contributed by atoms with Gasteiger partial charge in [0.15, 0.2) is 0 Å². The standard InChI is InChI=1S/C15H21F2NO/c1-11-2-4-14(5-3-11)18-6-7-19-15-9-12(16)8-13(17)10-15/h8-11,14,18H,2-7H2,1H3. The maximum atomic E-state index is 12.9.